The van der Waals surface area contributed by atoms with Gasteiger partial charge in [0.2, 0.25) is 5.91 Å². The summed E-state index contributed by atoms with van der Waals surface area (Å²) >= 11 is 1.37. The molecule has 3 aliphatic rings. The van der Waals surface area contributed by atoms with E-state index in [9.17, 15) is 22.8 Å². The molecule has 0 N–H and O–H groups in total. The Labute approximate surface area is 217 Å². The van der Waals surface area contributed by atoms with Crippen LogP contribution in [0.15, 0.2) is 34.5 Å². The Morgan fingerprint density at radius 1 is 1.27 bits per heavy atom. The lowest BCUT2D eigenvalue weighted by atomic mass is 9.93. The SMILES string of the molecule is C=CC(=O)N1C(C)CN(c2nc(=O)n3c4c(c(C5=CCOCC5)c(C(F)(F)F)cc24)SCCC3)CC1C. The van der Waals surface area contributed by atoms with Crippen molar-refractivity contribution in [3.8, 4) is 0 Å². The van der Waals surface area contributed by atoms with Gasteiger partial charge in [0.15, 0.2) is 0 Å². The van der Waals surface area contributed by atoms with Gasteiger partial charge in [0.1, 0.15) is 5.82 Å². The van der Waals surface area contributed by atoms with Crippen LogP contribution in [0.5, 0.6) is 0 Å². The van der Waals surface area contributed by atoms with Crippen LogP contribution < -0.4 is 10.6 Å². The number of halogens is 3. The van der Waals surface area contributed by atoms with Crippen LogP contribution in [0.25, 0.3) is 16.5 Å². The van der Waals surface area contributed by atoms with Gasteiger partial charge in [-0.3, -0.25) is 9.36 Å². The first-order valence-electron chi connectivity index (χ1n) is 12.4. The number of anilines is 1. The summed E-state index contributed by atoms with van der Waals surface area (Å²) < 4.78 is 50.7. The first-order chi connectivity index (χ1) is 17.6. The van der Waals surface area contributed by atoms with E-state index in [1.165, 1.54) is 28.5 Å². The lowest BCUT2D eigenvalue weighted by Crippen LogP contribution is -2.58. The maximum absolute atomic E-state index is 14.6. The molecule has 7 nitrogen and oxygen atoms in total. The Bertz CT molecular complexity index is 1340. The summed E-state index contributed by atoms with van der Waals surface area (Å²) in [5, 5.41) is 0.315. The molecule has 4 heterocycles. The second kappa shape index (κ2) is 9.83. The number of aromatic nitrogens is 2. The Morgan fingerprint density at radius 2 is 2.00 bits per heavy atom. The summed E-state index contributed by atoms with van der Waals surface area (Å²) in [4.78, 5) is 34.1. The van der Waals surface area contributed by atoms with Gasteiger partial charge in [-0.05, 0) is 50.2 Å². The molecule has 2 unspecified atom stereocenters. The van der Waals surface area contributed by atoms with Crippen molar-refractivity contribution < 1.29 is 22.7 Å². The molecule has 2 atom stereocenters. The quantitative estimate of drug-likeness (QED) is 0.547. The van der Waals surface area contributed by atoms with Gasteiger partial charge in [-0.15, -0.1) is 11.8 Å². The third kappa shape index (κ3) is 4.56. The molecule has 0 aliphatic carbocycles. The summed E-state index contributed by atoms with van der Waals surface area (Å²) in [6, 6.07) is 0.684. The zero-order chi connectivity index (χ0) is 26.5. The molecule has 11 heteroatoms. The highest BCUT2D eigenvalue weighted by molar-refractivity contribution is 7.99. The predicted molar refractivity (Wildman–Crippen MR) is 138 cm³/mol. The summed E-state index contributed by atoms with van der Waals surface area (Å²) in [7, 11) is 0. The molecule has 1 aromatic carbocycles. The van der Waals surface area contributed by atoms with Crippen molar-refractivity contribution in [1.82, 2.24) is 14.5 Å². The van der Waals surface area contributed by atoms with Crippen molar-refractivity contribution in [3.63, 3.8) is 0 Å². The highest BCUT2D eigenvalue weighted by Crippen LogP contribution is 2.47. The van der Waals surface area contributed by atoms with Crippen LogP contribution >= 0.6 is 11.8 Å². The molecule has 198 valence electrons. The normalized spacial score (nSPS) is 22.6. The second-order valence-electron chi connectivity index (χ2n) is 9.70. The Kier molecular flexibility index (Phi) is 6.86. The number of hydrogen-bond acceptors (Lipinski definition) is 6. The molecule has 37 heavy (non-hydrogen) atoms. The zero-order valence-corrected chi connectivity index (χ0v) is 21.6. The summed E-state index contributed by atoms with van der Waals surface area (Å²) in [6.07, 6.45) is -0.600. The van der Waals surface area contributed by atoms with Crippen LogP contribution in [-0.4, -0.2) is 64.5 Å². The minimum Gasteiger partial charge on any atom is -0.377 e. The fourth-order valence-corrected chi connectivity index (χ4v) is 6.93. The highest BCUT2D eigenvalue weighted by atomic mass is 32.2. The van der Waals surface area contributed by atoms with Crippen molar-refractivity contribution >= 4 is 40.0 Å². The number of benzene rings is 1. The first-order valence-corrected chi connectivity index (χ1v) is 13.4. The summed E-state index contributed by atoms with van der Waals surface area (Å²) in [5.74, 6) is 0.633. The number of piperazine rings is 1. The number of ether oxygens (including phenoxy) is 1. The third-order valence-electron chi connectivity index (χ3n) is 7.21. The number of alkyl halides is 3. The molecular weight excluding hydrogens is 505 g/mol. The fourth-order valence-electron chi connectivity index (χ4n) is 5.71. The first kappa shape index (κ1) is 25.8. The van der Waals surface area contributed by atoms with Crippen molar-refractivity contribution in [2.45, 2.75) is 56.4 Å². The second-order valence-corrected chi connectivity index (χ2v) is 10.8. The molecule has 0 bridgehead atoms. The number of carbonyl (C=O) groups excluding carboxylic acids is 1. The fraction of sp³-hybridized carbons (Fsp3) is 0.500. The Hall–Kier alpha value is -2.79. The van der Waals surface area contributed by atoms with Crippen LogP contribution in [-0.2, 0) is 22.3 Å². The largest absolute Gasteiger partial charge is 0.417 e. The van der Waals surface area contributed by atoms with Crippen LogP contribution in [0.3, 0.4) is 0 Å². The number of amides is 1. The lowest BCUT2D eigenvalue weighted by molar-refractivity contribution is -0.138. The topological polar surface area (TPSA) is 67.7 Å². The number of carbonyl (C=O) groups is 1. The minimum atomic E-state index is -4.60. The molecule has 3 aliphatic heterocycles. The van der Waals surface area contributed by atoms with E-state index in [1.54, 1.807) is 11.0 Å². The van der Waals surface area contributed by atoms with Gasteiger partial charge in [-0.25, -0.2) is 4.79 Å². The smallest absolute Gasteiger partial charge is 0.377 e. The average Bonchev–Trinajstić information content (AvgIpc) is 3.09. The van der Waals surface area contributed by atoms with Crippen LogP contribution in [0.1, 0.15) is 37.8 Å². The van der Waals surface area contributed by atoms with E-state index in [-0.39, 0.29) is 36.0 Å². The number of aryl methyl sites for hydroxylation is 1. The maximum Gasteiger partial charge on any atom is 0.417 e. The van der Waals surface area contributed by atoms with Gasteiger partial charge in [0, 0.05) is 47.6 Å². The molecule has 0 spiro atoms. The third-order valence-corrected chi connectivity index (χ3v) is 8.39. The molecule has 1 fully saturated rings. The number of hydrogen-bond donors (Lipinski definition) is 0. The van der Waals surface area contributed by atoms with Crippen LogP contribution in [0, 0.1) is 0 Å². The van der Waals surface area contributed by atoms with Crippen molar-refractivity contribution in [3.05, 3.63) is 46.4 Å². The summed E-state index contributed by atoms with van der Waals surface area (Å²) in [5.41, 5.74) is 0.0812. The zero-order valence-electron chi connectivity index (χ0n) is 20.8. The number of thioether (sulfide) groups is 1. The van der Waals surface area contributed by atoms with Gasteiger partial charge in [-0.1, -0.05) is 12.7 Å². The molecule has 0 radical (unpaired) electrons. The maximum atomic E-state index is 14.6. The van der Waals surface area contributed by atoms with Crippen LogP contribution in [0.4, 0.5) is 19.0 Å². The molecule has 1 aromatic heterocycles. The van der Waals surface area contributed by atoms with Gasteiger partial charge < -0.3 is 14.5 Å². The van der Waals surface area contributed by atoms with Crippen molar-refractivity contribution in [2.75, 3.05) is 37.0 Å². The monoisotopic (exact) mass is 534 g/mol. The lowest BCUT2D eigenvalue weighted by Gasteiger charge is -2.44. The average molecular weight is 535 g/mol. The molecule has 0 saturated carbocycles. The highest BCUT2D eigenvalue weighted by Gasteiger charge is 2.39. The van der Waals surface area contributed by atoms with E-state index in [0.717, 1.165) is 0 Å². The van der Waals surface area contributed by atoms with E-state index in [1.807, 2.05) is 18.7 Å². The van der Waals surface area contributed by atoms with Crippen LogP contribution in [0.2, 0.25) is 0 Å². The van der Waals surface area contributed by atoms with E-state index in [4.69, 9.17) is 4.74 Å². The molecular formula is C26H29F3N4O3S. The van der Waals surface area contributed by atoms with E-state index < -0.39 is 17.4 Å². The van der Waals surface area contributed by atoms with Crippen molar-refractivity contribution in [1.29, 1.82) is 0 Å². The standard InChI is InChI=1S/C26H29F3N4O3S/c1-4-20(34)33-15(2)13-31(14-16(33)3)24-18-12-19(26(27,28)29)21(17-6-9-36-10-7-17)23-22(18)32(25(35)30-24)8-5-11-37-23/h4,6,12,15-16H,1,5,7-11,13-14H2,2-3H3. The van der Waals surface area contributed by atoms with Gasteiger partial charge >= 0.3 is 11.9 Å². The minimum absolute atomic E-state index is 0.156. The Balaban J connectivity index is 1.77. The van der Waals surface area contributed by atoms with Gasteiger partial charge in [0.25, 0.3) is 0 Å². The molecule has 5 rings (SSSR count). The summed E-state index contributed by atoms with van der Waals surface area (Å²) in [6.45, 7) is 9.00. The van der Waals surface area contributed by atoms with Crippen molar-refractivity contribution in [2.24, 2.45) is 0 Å². The van der Waals surface area contributed by atoms with E-state index >= 15 is 0 Å². The van der Waals surface area contributed by atoms with Gasteiger partial charge in [0.05, 0.1) is 24.3 Å². The Morgan fingerprint density at radius 3 is 2.62 bits per heavy atom. The number of nitrogens with zero attached hydrogens (tertiary/aromatic N) is 4. The molecule has 2 aromatic rings. The van der Waals surface area contributed by atoms with E-state index in [2.05, 4.69) is 11.6 Å². The van der Waals surface area contributed by atoms with Gasteiger partial charge in [-0.2, -0.15) is 18.2 Å². The molecule has 1 saturated heterocycles. The predicted octanol–water partition coefficient (Wildman–Crippen LogP) is 4.33. The molecule has 1 amide bonds. The number of rotatable bonds is 3. The van der Waals surface area contributed by atoms with E-state index in [0.29, 0.717) is 66.2 Å².